The van der Waals surface area contributed by atoms with Gasteiger partial charge in [-0.25, -0.2) is 14.1 Å². The minimum absolute atomic E-state index is 0.140. The predicted molar refractivity (Wildman–Crippen MR) is 112 cm³/mol. The SMILES string of the molecule is CN(Cc1nc2ccsc2c(=O)[nH]1)C(=O)c1nn(-c2ccccc2F)c2c1CCC2. The van der Waals surface area contributed by atoms with Crippen molar-refractivity contribution in [1.82, 2.24) is 24.6 Å². The average Bonchev–Trinajstić information content (AvgIpc) is 3.44. The number of hydrogen-bond donors (Lipinski definition) is 1. The molecule has 1 aliphatic rings. The number of rotatable bonds is 4. The first-order chi connectivity index (χ1) is 14.5. The lowest BCUT2D eigenvalue weighted by Crippen LogP contribution is -2.29. The number of amides is 1. The molecule has 5 rings (SSSR count). The maximum Gasteiger partial charge on any atom is 0.274 e. The first-order valence-electron chi connectivity index (χ1n) is 9.60. The summed E-state index contributed by atoms with van der Waals surface area (Å²) in [6.45, 7) is 0.140. The fourth-order valence-corrected chi connectivity index (χ4v) is 4.63. The molecule has 1 aliphatic carbocycles. The summed E-state index contributed by atoms with van der Waals surface area (Å²) >= 11 is 1.33. The average molecular weight is 423 g/mol. The molecule has 30 heavy (non-hydrogen) atoms. The molecule has 9 heteroatoms. The Morgan fingerprint density at radius 3 is 2.97 bits per heavy atom. The molecule has 3 heterocycles. The number of carbonyl (C=O) groups excluding carboxylic acids is 1. The molecule has 0 spiro atoms. The van der Waals surface area contributed by atoms with Crippen LogP contribution in [0.25, 0.3) is 15.9 Å². The number of hydrogen-bond acceptors (Lipinski definition) is 5. The number of aromatic amines is 1. The summed E-state index contributed by atoms with van der Waals surface area (Å²) < 4.78 is 16.5. The number of fused-ring (bicyclic) bond motifs is 2. The number of aromatic nitrogens is 4. The topological polar surface area (TPSA) is 83.9 Å². The van der Waals surface area contributed by atoms with Crippen molar-refractivity contribution >= 4 is 27.5 Å². The second kappa shape index (κ2) is 7.17. The molecule has 0 atom stereocenters. The third-order valence-corrected chi connectivity index (χ3v) is 6.21. The van der Waals surface area contributed by atoms with E-state index in [2.05, 4.69) is 15.1 Å². The molecule has 7 nitrogen and oxygen atoms in total. The minimum Gasteiger partial charge on any atom is -0.333 e. The highest BCUT2D eigenvalue weighted by molar-refractivity contribution is 7.17. The van der Waals surface area contributed by atoms with Crippen LogP contribution in [0.15, 0.2) is 40.5 Å². The summed E-state index contributed by atoms with van der Waals surface area (Å²) in [7, 11) is 1.64. The van der Waals surface area contributed by atoms with Crippen molar-refractivity contribution in [2.45, 2.75) is 25.8 Å². The van der Waals surface area contributed by atoms with Gasteiger partial charge in [0.1, 0.15) is 22.0 Å². The third-order valence-electron chi connectivity index (χ3n) is 5.31. The molecule has 152 valence electrons. The van der Waals surface area contributed by atoms with E-state index < -0.39 is 0 Å². The molecule has 0 saturated heterocycles. The molecule has 0 radical (unpaired) electrons. The molecule has 0 fully saturated rings. The Morgan fingerprint density at radius 1 is 1.30 bits per heavy atom. The predicted octanol–water partition coefficient (Wildman–Crippen LogP) is 3.07. The minimum atomic E-state index is -0.382. The van der Waals surface area contributed by atoms with Gasteiger partial charge in [-0.1, -0.05) is 12.1 Å². The number of nitrogens with zero attached hydrogens (tertiary/aromatic N) is 4. The summed E-state index contributed by atoms with van der Waals surface area (Å²) in [6.07, 6.45) is 2.38. The number of H-pyrrole nitrogens is 1. The zero-order valence-corrected chi connectivity index (χ0v) is 17.0. The second-order valence-electron chi connectivity index (χ2n) is 7.30. The zero-order chi connectivity index (χ0) is 20.8. The van der Waals surface area contributed by atoms with Gasteiger partial charge in [-0.2, -0.15) is 5.10 Å². The van der Waals surface area contributed by atoms with E-state index in [0.717, 1.165) is 30.5 Å². The molecule has 0 bridgehead atoms. The molecule has 1 amide bonds. The van der Waals surface area contributed by atoms with Gasteiger partial charge in [0.05, 0.1) is 12.1 Å². The maximum atomic E-state index is 14.3. The number of para-hydroxylation sites is 1. The van der Waals surface area contributed by atoms with Gasteiger partial charge in [0.15, 0.2) is 5.69 Å². The molecule has 0 saturated carbocycles. The Kier molecular flexibility index (Phi) is 4.47. The first kappa shape index (κ1) is 18.7. The molecule has 3 aromatic heterocycles. The third kappa shape index (κ3) is 3.02. The summed E-state index contributed by atoms with van der Waals surface area (Å²) in [5.41, 5.74) is 2.81. The lowest BCUT2D eigenvalue weighted by molar-refractivity contribution is 0.0774. The molecule has 4 aromatic rings. The molecular weight excluding hydrogens is 405 g/mol. The summed E-state index contributed by atoms with van der Waals surface area (Å²) in [5, 5.41) is 6.29. The van der Waals surface area contributed by atoms with Crippen molar-refractivity contribution in [3.8, 4) is 5.69 Å². The van der Waals surface area contributed by atoms with Crippen LogP contribution in [-0.2, 0) is 19.4 Å². The van der Waals surface area contributed by atoms with E-state index in [1.54, 1.807) is 36.0 Å². The van der Waals surface area contributed by atoms with Gasteiger partial charge in [-0.3, -0.25) is 9.59 Å². The van der Waals surface area contributed by atoms with Gasteiger partial charge in [-0.15, -0.1) is 11.3 Å². The Bertz CT molecular complexity index is 1340. The van der Waals surface area contributed by atoms with E-state index in [1.165, 1.54) is 22.3 Å². The van der Waals surface area contributed by atoms with E-state index in [4.69, 9.17) is 0 Å². The number of thiophene rings is 1. The summed E-state index contributed by atoms with van der Waals surface area (Å²) in [4.78, 5) is 34.0. The van der Waals surface area contributed by atoms with Crippen molar-refractivity contribution in [3.05, 3.63) is 74.7 Å². The molecule has 0 unspecified atom stereocenters. The Hall–Kier alpha value is -3.33. The number of nitrogens with one attached hydrogen (secondary N) is 1. The Labute approximate surface area is 174 Å². The molecule has 1 N–H and O–H groups in total. The van der Waals surface area contributed by atoms with Crippen LogP contribution in [0.2, 0.25) is 0 Å². The Balaban J connectivity index is 1.48. The van der Waals surface area contributed by atoms with E-state index in [0.29, 0.717) is 27.4 Å². The highest BCUT2D eigenvalue weighted by Gasteiger charge is 2.29. The van der Waals surface area contributed by atoms with E-state index in [-0.39, 0.29) is 23.8 Å². The van der Waals surface area contributed by atoms with Crippen LogP contribution in [0, 0.1) is 5.82 Å². The van der Waals surface area contributed by atoms with Gasteiger partial charge in [0.2, 0.25) is 0 Å². The molecular formula is C21H18FN5O2S. The second-order valence-corrected chi connectivity index (χ2v) is 8.22. The van der Waals surface area contributed by atoms with Gasteiger partial charge in [-0.05, 0) is 42.8 Å². The molecule has 1 aromatic carbocycles. The zero-order valence-electron chi connectivity index (χ0n) is 16.2. The van der Waals surface area contributed by atoms with Crippen molar-refractivity contribution < 1.29 is 9.18 Å². The van der Waals surface area contributed by atoms with E-state index >= 15 is 0 Å². The quantitative estimate of drug-likeness (QED) is 0.547. The Morgan fingerprint density at radius 2 is 2.13 bits per heavy atom. The van der Waals surface area contributed by atoms with Crippen LogP contribution in [0.4, 0.5) is 4.39 Å². The number of carbonyl (C=O) groups is 1. The highest BCUT2D eigenvalue weighted by Crippen LogP contribution is 2.29. The molecule has 0 aliphatic heterocycles. The van der Waals surface area contributed by atoms with E-state index in [9.17, 15) is 14.0 Å². The smallest absolute Gasteiger partial charge is 0.274 e. The monoisotopic (exact) mass is 423 g/mol. The largest absolute Gasteiger partial charge is 0.333 e. The normalized spacial score (nSPS) is 13.0. The highest BCUT2D eigenvalue weighted by atomic mass is 32.1. The fourth-order valence-electron chi connectivity index (χ4n) is 3.91. The number of halogens is 1. The standard InChI is InChI=1S/C21H18FN5O2S/c1-26(11-17-23-14-9-10-30-19(14)20(28)24-17)21(29)18-12-5-4-8-15(12)27(25-18)16-7-3-2-6-13(16)22/h2-3,6-7,9-10H,4-5,8,11H2,1H3,(H,23,24,28). The van der Waals surface area contributed by atoms with Crippen LogP contribution in [-0.4, -0.2) is 37.6 Å². The van der Waals surface area contributed by atoms with Crippen LogP contribution in [0.3, 0.4) is 0 Å². The van der Waals surface area contributed by atoms with E-state index in [1.807, 2.05) is 5.38 Å². The number of benzene rings is 1. The summed E-state index contributed by atoms with van der Waals surface area (Å²) in [5.74, 6) is -0.254. The van der Waals surface area contributed by atoms with Gasteiger partial charge in [0, 0.05) is 18.3 Å². The van der Waals surface area contributed by atoms with Gasteiger partial charge in [0.25, 0.3) is 11.5 Å². The van der Waals surface area contributed by atoms with Crippen molar-refractivity contribution in [2.75, 3.05) is 7.05 Å². The van der Waals surface area contributed by atoms with Crippen LogP contribution >= 0.6 is 11.3 Å². The van der Waals surface area contributed by atoms with Crippen LogP contribution in [0.1, 0.15) is 34.0 Å². The maximum absolute atomic E-state index is 14.3. The van der Waals surface area contributed by atoms with Crippen molar-refractivity contribution in [2.24, 2.45) is 0 Å². The lowest BCUT2D eigenvalue weighted by Gasteiger charge is -2.16. The lowest BCUT2D eigenvalue weighted by atomic mass is 10.2. The summed E-state index contributed by atoms with van der Waals surface area (Å²) in [6, 6.07) is 8.19. The van der Waals surface area contributed by atoms with Gasteiger partial charge >= 0.3 is 0 Å². The fraction of sp³-hybridized carbons (Fsp3) is 0.238. The van der Waals surface area contributed by atoms with Crippen molar-refractivity contribution in [1.29, 1.82) is 0 Å². The first-order valence-corrected chi connectivity index (χ1v) is 10.5. The van der Waals surface area contributed by atoms with Crippen LogP contribution in [0.5, 0.6) is 0 Å². The van der Waals surface area contributed by atoms with Crippen molar-refractivity contribution in [3.63, 3.8) is 0 Å². The van der Waals surface area contributed by atoms with Gasteiger partial charge < -0.3 is 9.88 Å². The van der Waals surface area contributed by atoms with Crippen LogP contribution < -0.4 is 5.56 Å².